The predicted molar refractivity (Wildman–Crippen MR) is 89.1 cm³/mol. The molecule has 22 heavy (non-hydrogen) atoms. The summed E-state index contributed by atoms with van der Waals surface area (Å²) in [7, 11) is 1.00. The molecule has 1 heterocycles. The maximum absolute atomic E-state index is 10.5. The van der Waals surface area contributed by atoms with E-state index in [2.05, 4.69) is 20.8 Å². The Morgan fingerprint density at radius 3 is 1.95 bits per heavy atom. The van der Waals surface area contributed by atoms with Crippen LogP contribution in [0.15, 0.2) is 12.1 Å². The van der Waals surface area contributed by atoms with Crippen LogP contribution in [0.2, 0.25) is 0 Å². The van der Waals surface area contributed by atoms with E-state index in [0.29, 0.717) is 11.2 Å². The molecule has 0 aromatic heterocycles. The molecule has 0 atom stereocenters. The van der Waals surface area contributed by atoms with Crippen LogP contribution in [-0.4, -0.2) is 30.5 Å². The first-order valence-corrected chi connectivity index (χ1v) is 7.66. The van der Waals surface area contributed by atoms with Crippen LogP contribution in [0.5, 0.6) is 11.5 Å². The van der Waals surface area contributed by atoms with Gasteiger partial charge in [0.25, 0.3) is 0 Å². The third-order valence-electron chi connectivity index (χ3n) is 4.66. The second kappa shape index (κ2) is 5.17. The highest BCUT2D eigenvalue weighted by Gasteiger charge is 2.53. The van der Waals surface area contributed by atoms with E-state index in [-0.39, 0.29) is 11.2 Å². The molecular weight excluding hydrogens is 279 g/mol. The zero-order chi connectivity index (χ0) is 16.9. The van der Waals surface area contributed by atoms with Crippen LogP contribution in [-0.2, 0) is 14.7 Å². The van der Waals surface area contributed by atoms with Crippen LogP contribution in [0.3, 0.4) is 0 Å². The minimum absolute atomic E-state index is 0.141. The molecule has 1 saturated heterocycles. The van der Waals surface area contributed by atoms with E-state index in [1.807, 2.05) is 33.8 Å². The summed E-state index contributed by atoms with van der Waals surface area (Å²) in [5.41, 5.74) is 0.582. The summed E-state index contributed by atoms with van der Waals surface area (Å²) >= 11 is 0. The fraction of sp³-hybridized carbons (Fsp3) is 0.647. The van der Waals surface area contributed by atoms with Gasteiger partial charge in [0.2, 0.25) is 0 Å². The van der Waals surface area contributed by atoms with Gasteiger partial charge in [-0.1, -0.05) is 20.8 Å². The van der Waals surface area contributed by atoms with Gasteiger partial charge in [-0.15, -0.1) is 0 Å². The quantitative estimate of drug-likeness (QED) is 0.853. The summed E-state index contributed by atoms with van der Waals surface area (Å²) in [5.74, 6) is 0.769. The molecule has 2 rings (SSSR count). The lowest BCUT2D eigenvalue weighted by Crippen LogP contribution is -2.41. The Hall–Kier alpha value is -1.20. The largest absolute Gasteiger partial charge is 0.508 e. The van der Waals surface area contributed by atoms with Crippen molar-refractivity contribution in [2.75, 3.05) is 7.11 Å². The van der Waals surface area contributed by atoms with E-state index in [4.69, 9.17) is 14.0 Å². The zero-order valence-corrected chi connectivity index (χ0v) is 14.9. The molecule has 0 radical (unpaired) electrons. The Morgan fingerprint density at radius 1 is 1.05 bits per heavy atom. The first kappa shape index (κ1) is 17.2. The lowest BCUT2D eigenvalue weighted by Gasteiger charge is -2.32. The van der Waals surface area contributed by atoms with Crippen molar-refractivity contribution in [3.8, 4) is 11.5 Å². The van der Waals surface area contributed by atoms with E-state index in [1.165, 1.54) is 0 Å². The number of hydrogen-bond donors (Lipinski definition) is 1. The van der Waals surface area contributed by atoms with Gasteiger partial charge >= 0.3 is 7.12 Å². The molecule has 0 spiro atoms. The highest BCUT2D eigenvalue weighted by Crippen LogP contribution is 2.39. The molecule has 1 fully saturated rings. The molecule has 1 N–H and O–H groups in total. The summed E-state index contributed by atoms with van der Waals surface area (Å²) in [6.45, 7) is 14.3. The van der Waals surface area contributed by atoms with Crippen LogP contribution in [0.4, 0.5) is 0 Å². The zero-order valence-electron chi connectivity index (χ0n) is 14.9. The SMILES string of the molecule is COc1cc(O)c(B2OC(C)(C)C(C)(C)O2)c(C(C)(C)C)c1. The number of aromatic hydroxyl groups is 1. The third-order valence-corrected chi connectivity index (χ3v) is 4.66. The minimum atomic E-state index is -0.592. The van der Waals surface area contributed by atoms with Gasteiger partial charge in [0.05, 0.1) is 18.3 Å². The average molecular weight is 306 g/mol. The summed E-state index contributed by atoms with van der Waals surface area (Å²) in [5, 5.41) is 10.5. The number of benzene rings is 1. The van der Waals surface area contributed by atoms with Gasteiger partial charge in [-0.3, -0.25) is 0 Å². The Kier molecular flexibility index (Phi) is 4.03. The topological polar surface area (TPSA) is 47.9 Å². The molecule has 4 nitrogen and oxygen atoms in total. The molecule has 0 saturated carbocycles. The summed E-state index contributed by atoms with van der Waals surface area (Å²) < 4.78 is 17.5. The van der Waals surface area contributed by atoms with E-state index in [0.717, 1.165) is 5.56 Å². The second-order valence-electron chi connectivity index (χ2n) is 7.95. The van der Waals surface area contributed by atoms with Crippen LogP contribution in [0, 0.1) is 0 Å². The van der Waals surface area contributed by atoms with Crippen molar-refractivity contribution >= 4 is 12.6 Å². The summed E-state index contributed by atoms with van der Waals surface area (Å²) in [6, 6.07) is 3.55. The molecule has 1 aromatic carbocycles. The van der Waals surface area contributed by atoms with Gasteiger partial charge in [0.15, 0.2) is 0 Å². The number of hydrogen-bond acceptors (Lipinski definition) is 4. The maximum Gasteiger partial charge on any atom is 0.498 e. The standard InChI is InChI=1S/C17H27BO4/c1-15(2,3)12-9-11(20-8)10-13(19)14(12)18-21-16(4,5)17(6,7)22-18/h9-10,19H,1-8H3. The smallest absolute Gasteiger partial charge is 0.498 e. The number of ether oxygens (including phenoxy) is 1. The normalized spacial score (nSPS) is 20.3. The molecule has 1 aliphatic rings. The third kappa shape index (κ3) is 2.84. The molecule has 1 aromatic rings. The molecule has 0 amide bonds. The molecule has 1 aliphatic heterocycles. The number of phenolic OH excluding ortho intramolecular Hbond substituents is 1. The molecule has 0 aliphatic carbocycles. The van der Waals surface area contributed by atoms with Gasteiger partial charge < -0.3 is 19.2 Å². The van der Waals surface area contributed by atoms with Crippen molar-refractivity contribution in [3.05, 3.63) is 17.7 Å². The van der Waals surface area contributed by atoms with Crippen LogP contribution in [0.25, 0.3) is 0 Å². The summed E-state index contributed by atoms with van der Waals surface area (Å²) in [4.78, 5) is 0. The van der Waals surface area contributed by atoms with E-state index in [9.17, 15) is 5.11 Å². The van der Waals surface area contributed by atoms with Crippen molar-refractivity contribution in [3.63, 3.8) is 0 Å². The van der Waals surface area contributed by atoms with Crippen LogP contribution in [0.1, 0.15) is 54.0 Å². The van der Waals surface area contributed by atoms with Gasteiger partial charge in [-0.25, -0.2) is 0 Å². The molecular formula is C17H27BO4. The Morgan fingerprint density at radius 2 is 1.55 bits per heavy atom. The van der Waals surface area contributed by atoms with E-state index >= 15 is 0 Å². The van der Waals surface area contributed by atoms with Crippen LogP contribution < -0.4 is 10.2 Å². The van der Waals surface area contributed by atoms with Crippen molar-refractivity contribution in [1.82, 2.24) is 0 Å². The van der Waals surface area contributed by atoms with Gasteiger partial charge in [0, 0.05) is 11.5 Å². The predicted octanol–water partition coefficient (Wildman–Crippen LogP) is 3.00. The summed E-state index contributed by atoms with van der Waals surface area (Å²) in [6.07, 6.45) is 0. The van der Waals surface area contributed by atoms with Crippen LogP contribution >= 0.6 is 0 Å². The Balaban J connectivity index is 2.57. The first-order valence-electron chi connectivity index (χ1n) is 7.66. The van der Waals surface area contributed by atoms with Crippen molar-refractivity contribution in [2.24, 2.45) is 0 Å². The molecule has 122 valence electrons. The molecule has 0 unspecified atom stereocenters. The lowest BCUT2D eigenvalue weighted by atomic mass is 9.69. The van der Waals surface area contributed by atoms with Crippen molar-refractivity contribution in [1.29, 1.82) is 0 Å². The lowest BCUT2D eigenvalue weighted by molar-refractivity contribution is 0.00578. The number of phenols is 1. The van der Waals surface area contributed by atoms with E-state index < -0.39 is 18.3 Å². The second-order valence-corrected chi connectivity index (χ2v) is 7.95. The molecule has 5 heteroatoms. The monoisotopic (exact) mass is 306 g/mol. The van der Waals surface area contributed by atoms with Gasteiger partial charge in [-0.2, -0.15) is 0 Å². The molecule has 0 bridgehead atoms. The Labute approximate surface area is 133 Å². The Bertz CT molecular complexity index is 557. The number of rotatable bonds is 2. The highest BCUT2D eigenvalue weighted by atomic mass is 16.7. The number of methoxy groups -OCH3 is 1. The van der Waals surface area contributed by atoms with Gasteiger partial charge in [-0.05, 0) is 44.7 Å². The van der Waals surface area contributed by atoms with Gasteiger partial charge in [0.1, 0.15) is 11.5 Å². The highest BCUT2D eigenvalue weighted by molar-refractivity contribution is 6.63. The fourth-order valence-corrected chi connectivity index (χ4v) is 2.56. The average Bonchev–Trinajstić information content (AvgIpc) is 2.55. The van der Waals surface area contributed by atoms with E-state index in [1.54, 1.807) is 13.2 Å². The minimum Gasteiger partial charge on any atom is -0.508 e. The maximum atomic E-state index is 10.5. The van der Waals surface area contributed by atoms with Crippen molar-refractivity contribution < 1.29 is 19.2 Å². The van der Waals surface area contributed by atoms with Crippen molar-refractivity contribution in [2.45, 2.75) is 65.1 Å². The first-order chi connectivity index (χ1) is 9.89. The fourth-order valence-electron chi connectivity index (χ4n) is 2.56.